The zero-order valence-electron chi connectivity index (χ0n) is 12.0. The Hall–Kier alpha value is -2.27. The highest BCUT2D eigenvalue weighted by atomic mass is 32.1. The number of rotatable bonds is 2. The summed E-state index contributed by atoms with van der Waals surface area (Å²) < 4.78 is 1.08. The van der Waals surface area contributed by atoms with Crippen molar-refractivity contribution in [1.29, 1.82) is 0 Å². The number of pyridine rings is 1. The molecule has 22 heavy (non-hydrogen) atoms. The highest BCUT2D eigenvalue weighted by Gasteiger charge is 2.27. The van der Waals surface area contributed by atoms with E-state index < -0.39 is 0 Å². The van der Waals surface area contributed by atoms with E-state index in [0.29, 0.717) is 0 Å². The van der Waals surface area contributed by atoms with Gasteiger partial charge < -0.3 is 5.32 Å². The van der Waals surface area contributed by atoms with E-state index in [1.165, 1.54) is 5.56 Å². The van der Waals surface area contributed by atoms with Crippen LogP contribution in [0, 0.1) is 0 Å². The summed E-state index contributed by atoms with van der Waals surface area (Å²) in [4.78, 5) is 21.3. The van der Waals surface area contributed by atoms with Crippen molar-refractivity contribution in [2.45, 2.75) is 25.2 Å². The van der Waals surface area contributed by atoms with Gasteiger partial charge in [-0.3, -0.25) is 9.78 Å². The number of aromatic nitrogens is 2. The number of benzene rings is 1. The number of hydrogen-bond acceptors (Lipinski definition) is 4. The fraction of sp³-hybridized carbons (Fsp3) is 0.235. The monoisotopic (exact) mass is 309 g/mol. The minimum atomic E-state index is -0.151. The van der Waals surface area contributed by atoms with E-state index in [2.05, 4.69) is 21.4 Å². The van der Waals surface area contributed by atoms with Gasteiger partial charge >= 0.3 is 0 Å². The zero-order valence-corrected chi connectivity index (χ0v) is 12.8. The number of amides is 1. The lowest BCUT2D eigenvalue weighted by Gasteiger charge is -2.23. The molecule has 1 aliphatic rings. The first kappa shape index (κ1) is 13.4. The molecule has 0 aliphatic heterocycles. The molecule has 0 radical (unpaired) electrons. The first-order valence-corrected chi connectivity index (χ1v) is 8.27. The lowest BCUT2D eigenvalue weighted by molar-refractivity contribution is -0.118. The van der Waals surface area contributed by atoms with Gasteiger partial charge in [-0.05, 0) is 49.1 Å². The van der Waals surface area contributed by atoms with Crippen LogP contribution in [-0.2, 0) is 11.2 Å². The summed E-state index contributed by atoms with van der Waals surface area (Å²) in [5, 5.41) is 3.03. The molecule has 1 atom stereocenters. The molecule has 0 spiro atoms. The third kappa shape index (κ3) is 2.37. The summed E-state index contributed by atoms with van der Waals surface area (Å²) in [5.74, 6) is -0.120. The van der Waals surface area contributed by atoms with Gasteiger partial charge in [-0.15, -0.1) is 11.3 Å². The Balaban J connectivity index is 1.60. The highest BCUT2D eigenvalue weighted by Crippen LogP contribution is 2.31. The zero-order chi connectivity index (χ0) is 14.9. The molecule has 1 amide bonds. The van der Waals surface area contributed by atoms with E-state index in [4.69, 9.17) is 0 Å². The predicted octanol–water partition coefficient (Wildman–Crippen LogP) is 3.75. The molecule has 0 bridgehead atoms. The number of carbonyl (C=O) groups is 1. The number of thiazole rings is 1. The maximum Gasteiger partial charge on any atom is 0.233 e. The fourth-order valence-corrected chi connectivity index (χ4v) is 3.74. The quantitative estimate of drug-likeness (QED) is 0.784. The number of carbonyl (C=O) groups excluding carboxylic acids is 1. The molecule has 0 fully saturated rings. The Bertz CT molecular complexity index is 843. The Morgan fingerprint density at radius 3 is 3.18 bits per heavy atom. The lowest BCUT2D eigenvalue weighted by Crippen LogP contribution is -2.25. The smallest absolute Gasteiger partial charge is 0.233 e. The van der Waals surface area contributed by atoms with E-state index in [0.717, 1.165) is 40.9 Å². The number of fused-ring (bicyclic) bond motifs is 2. The van der Waals surface area contributed by atoms with Crippen LogP contribution in [0.3, 0.4) is 0 Å². The van der Waals surface area contributed by atoms with Crippen LogP contribution in [0.5, 0.6) is 0 Å². The summed E-state index contributed by atoms with van der Waals surface area (Å²) in [7, 11) is 0. The molecule has 110 valence electrons. The van der Waals surface area contributed by atoms with Crippen LogP contribution in [-0.4, -0.2) is 15.9 Å². The molecule has 1 aromatic carbocycles. The van der Waals surface area contributed by atoms with Crippen molar-refractivity contribution in [1.82, 2.24) is 9.97 Å². The van der Waals surface area contributed by atoms with Crippen molar-refractivity contribution in [2.24, 2.45) is 0 Å². The summed E-state index contributed by atoms with van der Waals surface area (Å²) >= 11 is 1.58. The number of aryl methyl sites for hydroxylation is 1. The molecule has 4 rings (SSSR count). The normalized spacial score (nSPS) is 17.2. The molecule has 4 nitrogen and oxygen atoms in total. The summed E-state index contributed by atoms with van der Waals surface area (Å²) in [6.07, 6.45) is 4.68. The van der Waals surface area contributed by atoms with E-state index >= 15 is 0 Å². The second-order valence-corrected chi connectivity index (χ2v) is 6.40. The second kappa shape index (κ2) is 5.50. The summed E-state index contributed by atoms with van der Waals surface area (Å²) in [6.45, 7) is 0. The van der Waals surface area contributed by atoms with Crippen LogP contribution in [0.25, 0.3) is 10.2 Å². The van der Waals surface area contributed by atoms with Crippen LogP contribution in [0.4, 0.5) is 5.69 Å². The standard InChI is InChI=1S/C17H15N3OS/c21-17(13-5-1-3-11-4-2-8-18-16(11)13)20-12-6-7-14-15(9-12)22-10-19-14/h2,4,6-10,13H,1,3,5H2,(H,20,21). The Kier molecular flexibility index (Phi) is 3.35. The summed E-state index contributed by atoms with van der Waals surface area (Å²) in [5.41, 5.74) is 5.74. The molecule has 0 saturated carbocycles. The maximum absolute atomic E-state index is 12.6. The number of nitrogens with one attached hydrogen (secondary N) is 1. The SMILES string of the molecule is O=C(Nc1ccc2ncsc2c1)C1CCCc2cccnc21. The van der Waals surface area contributed by atoms with Crippen molar-refractivity contribution < 1.29 is 4.79 Å². The lowest BCUT2D eigenvalue weighted by atomic mass is 9.86. The topological polar surface area (TPSA) is 54.9 Å². The van der Waals surface area contributed by atoms with E-state index in [1.54, 1.807) is 17.5 Å². The average Bonchev–Trinajstić information content (AvgIpc) is 3.02. The predicted molar refractivity (Wildman–Crippen MR) is 88.2 cm³/mol. The Morgan fingerprint density at radius 2 is 2.23 bits per heavy atom. The van der Waals surface area contributed by atoms with Gasteiger partial charge in [0, 0.05) is 11.9 Å². The number of anilines is 1. The molecule has 5 heteroatoms. The molecule has 2 heterocycles. The molecule has 0 saturated heterocycles. The Morgan fingerprint density at radius 1 is 1.27 bits per heavy atom. The minimum absolute atomic E-state index is 0.0310. The van der Waals surface area contributed by atoms with Gasteiger partial charge in [0.15, 0.2) is 0 Å². The Labute approximate surface area is 132 Å². The van der Waals surface area contributed by atoms with E-state index in [1.807, 2.05) is 29.8 Å². The highest BCUT2D eigenvalue weighted by molar-refractivity contribution is 7.16. The minimum Gasteiger partial charge on any atom is -0.325 e. The third-order valence-electron chi connectivity index (χ3n) is 4.11. The van der Waals surface area contributed by atoms with Gasteiger partial charge in [-0.2, -0.15) is 0 Å². The van der Waals surface area contributed by atoms with Crippen molar-refractivity contribution in [3.8, 4) is 0 Å². The number of nitrogens with zero attached hydrogens (tertiary/aromatic N) is 2. The van der Waals surface area contributed by atoms with Crippen LogP contribution >= 0.6 is 11.3 Å². The largest absolute Gasteiger partial charge is 0.325 e. The molecule has 1 aliphatic carbocycles. The van der Waals surface area contributed by atoms with Gasteiger partial charge in [0.1, 0.15) is 0 Å². The summed E-state index contributed by atoms with van der Waals surface area (Å²) in [6, 6.07) is 9.84. The molecule has 1 N–H and O–H groups in total. The average molecular weight is 309 g/mol. The van der Waals surface area contributed by atoms with Crippen LogP contribution in [0.1, 0.15) is 30.0 Å². The molecule has 1 unspecified atom stereocenters. The van der Waals surface area contributed by atoms with Gasteiger partial charge in [0.05, 0.1) is 27.3 Å². The van der Waals surface area contributed by atoms with Gasteiger partial charge in [0.2, 0.25) is 5.91 Å². The second-order valence-electron chi connectivity index (χ2n) is 5.52. The van der Waals surface area contributed by atoms with E-state index in [9.17, 15) is 4.79 Å². The van der Waals surface area contributed by atoms with Gasteiger partial charge in [-0.25, -0.2) is 4.98 Å². The first-order valence-electron chi connectivity index (χ1n) is 7.39. The van der Waals surface area contributed by atoms with Gasteiger partial charge in [0.25, 0.3) is 0 Å². The molecular formula is C17H15N3OS. The first-order chi connectivity index (χ1) is 10.8. The third-order valence-corrected chi connectivity index (χ3v) is 4.90. The van der Waals surface area contributed by atoms with Crippen molar-refractivity contribution in [3.63, 3.8) is 0 Å². The molecular weight excluding hydrogens is 294 g/mol. The van der Waals surface area contributed by atoms with Gasteiger partial charge in [-0.1, -0.05) is 6.07 Å². The van der Waals surface area contributed by atoms with Crippen LogP contribution in [0.2, 0.25) is 0 Å². The van der Waals surface area contributed by atoms with Crippen molar-refractivity contribution >= 4 is 33.1 Å². The van der Waals surface area contributed by atoms with E-state index in [-0.39, 0.29) is 11.8 Å². The molecule has 2 aromatic heterocycles. The maximum atomic E-state index is 12.6. The molecule has 3 aromatic rings. The fourth-order valence-electron chi connectivity index (χ4n) is 3.03. The number of hydrogen-bond donors (Lipinski definition) is 1. The van der Waals surface area contributed by atoms with Crippen LogP contribution in [0.15, 0.2) is 42.0 Å². The van der Waals surface area contributed by atoms with Crippen molar-refractivity contribution in [3.05, 3.63) is 53.3 Å². The van der Waals surface area contributed by atoms with Crippen LogP contribution < -0.4 is 5.32 Å². The van der Waals surface area contributed by atoms with Crippen molar-refractivity contribution in [2.75, 3.05) is 5.32 Å².